The van der Waals surface area contributed by atoms with E-state index >= 15 is 0 Å². The molecular formula is C22H17N7O2. The van der Waals surface area contributed by atoms with Gasteiger partial charge >= 0.3 is 0 Å². The highest BCUT2D eigenvalue weighted by molar-refractivity contribution is 5.96. The van der Waals surface area contributed by atoms with Gasteiger partial charge in [0.2, 0.25) is 11.7 Å². The van der Waals surface area contributed by atoms with Crippen molar-refractivity contribution < 1.29 is 9.32 Å². The second-order valence-electron chi connectivity index (χ2n) is 6.85. The van der Waals surface area contributed by atoms with Gasteiger partial charge in [0.1, 0.15) is 0 Å². The molecular weight excluding hydrogens is 394 g/mol. The Bertz CT molecular complexity index is 1330. The Labute approximate surface area is 176 Å². The fraction of sp³-hybridized carbons (Fsp3) is 0.0909. The van der Waals surface area contributed by atoms with Crippen molar-refractivity contribution in [1.29, 1.82) is 0 Å². The van der Waals surface area contributed by atoms with E-state index in [0.29, 0.717) is 23.8 Å². The van der Waals surface area contributed by atoms with Crippen LogP contribution in [0.15, 0.2) is 77.8 Å². The largest absolute Gasteiger partial charge is 0.343 e. The molecule has 0 aliphatic heterocycles. The molecule has 5 rings (SSSR count). The number of nitrogens with zero attached hydrogens (tertiary/aromatic N) is 6. The number of hydrogen-bond acceptors (Lipinski definition) is 7. The average Bonchev–Trinajstić information content (AvgIpc) is 3.46. The maximum atomic E-state index is 12.6. The number of aromatic nitrogens is 6. The van der Waals surface area contributed by atoms with Crippen LogP contribution in [0.2, 0.25) is 0 Å². The molecule has 5 aromatic rings. The topological polar surface area (TPSA) is 112 Å². The van der Waals surface area contributed by atoms with E-state index in [2.05, 4.69) is 30.5 Å². The van der Waals surface area contributed by atoms with E-state index in [4.69, 9.17) is 4.52 Å². The molecule has 0 aliphatic carbocycles. The van der Waals surface area contributed by atoms with Gasteiger partial charge in [0.05, 0.1) is 24.8 Å². The minimum absolute atomic E-state index is 0.113. The Kier molecular flexibility index (Phi) is 4.89. The smallest absolute Gasteiger partial charge is 0.253 e. The third-order valence-corrected chi connectivity index (χ3v) is 4.72. The van der Waals surface area contributed by atoms with Gasteiger partial charge in [-0.1, -0.05) is 35.5 Å². The Balaban J connectivity index is 1.26. The second kappa shape index (κ2) is 8.15. The summed E-state index contributed by atoms with van der Waals surface area (Å²) in [5, 5.41) is 11.9. The lowest BCUT2D eigenvalue weighted by Gasteiger charge is -2.05. The number of carbonyl (C=O) groups is 1. The molecule has 0 bridgehead atoms. The van der Waals surface area contributed by atoms with Gasteiger partial charge in [-0.2, -0.15) is 10.1 Å². The number of pyridine rings is 2. The van der Waals surface area contributed by atoms with Crippen LogP contribution in [-0.2, 0) is 13.1 Å². The molecule has 1 amide bonds. The predicted octanol–water partition coefficient (Wildman–Crippen LogP) is 2.85. The summed E-state index contributed by atoms with van der Waals surface area (Å²) in [5.41, 5.74) is 3.07. The van der Waals surface area contributed by atoms with Crippen LogP contribution < -0.4 is 5.32 Å². The number of hydrogen-bond donors (Lipinski definition) is 1. The molecule has 0 spiro atoms. The van der Waals surface area contributed by atoms with Crippen LogP contribution in [0.5, 0.6) is 0 Å². The summed E-state index contributed by atoms with van der Waals surface area (Å²) >= 11 is 0. The number of benzene rings is 1. The van der Waals surface area contributed by atoms with E-state index in [-0.39, 0.29) is 12.5 Å². The molecule has 4 aromatic heterocycles. The number of fused-ring (bicyclic) bond motifs is 1. The molecule has 152 valence electrons. The summed E-state index contributed by atoms with van der Waals surface area (Å²) in [7, 11) is 0. The van der Waals surface area contributed by atoms with E-state index in [1.807, 2.05) is 35.0 Å². The molecule has 0 aliphatic rings. The van der Waals surface area contributed by atoms with Crippen molar-refractivity contribution in [1.82, 2.24) is 35.2 Å². The molecule has 0 fully saturated rings. The summed E-state index contributed by atoms with van der Waals surface area (Å²) in [6.45, 7) is 0.724. The van der Waals surface area contributed by atoms with E-state index in [1.165, 1.54) is 6.20 Å². The summed E-state index contributed by atoms with van der Waals surface area (Å²) in [4.78, 5) is 25.2. The predicted molar refractivity (Wildman–Crippen MR) is 112 cm³/mol. The molecule has 1 aromatic carbocycles. The van der Waals surface area contributed by atoms with E-state index in [0.717, 1.165) is 22.2 Å². The van der Waals surface area contributed by atoms with Crippen molar-refractivity contribution in [2.45, 2.75) is 13.1 Å². The van der Waals surface area contributed by atoms with Crippen molar-refractivity contribution in [3.63, 3.8) is 0 Å². The number of amides is 1. The van der Waals surface area contributed by atoms with Crippen LogP contribution in [0.25, 0.3) is 22.4 Å². The number of carbonyl (C=O) groups excluding carboxylic acids is 1. The van der Waals surface area contributed by atoms with Gasteiger partial charge in [-0.25, -0.2) is 9.67 Å². The Morgan fingerprint density at radius 1 is 1.06 bits per heavy atom. The zero-order valence-corrected chi connectivity index (χ0v) is 16.3. The van der Waals surface area contributed by atoms with Crippen LogP contribution in [-0.4, -0.2) is 35.8 Å². The summed E-state index contributed by atoms with van der Waals surface area (Å²) < 4.78 is 7.02. The molecule has 0 saturated carbocycles. The van der Waals surface area contributed by atoms with Gasteiger partial charge in [-0.3, -0.25) is 9.78 Å². The zero-order valence-electron chi connectivity index (χ0n) is 16.3. The SMILES string of the molecule is O=C(NCc1nc(-c2ccncc2)no1)c1cnc2c(cnn2Cc2ccccc2)c1. The molecule has 0 radical (unpaired) electrons. The van der Waals surface area contributed by atoms with Gasteiger partial charge in [0.25, 0.3) is 5.91 Å². The third-order valence-electron chi connectivity index (χ3n) is 4.72. The highest BCUT2D eigenvalue weighted by atomic mass is 16.5. The minimum atomic E-state index is -0.283. The van der Waals surface area contributed by atoms with E-state index < -0.39 is 0 Å². The average molecular weight is 411 g/mol. The summed E-state index contributed by atoms with van der Waals surface area (Å²) in [6, 6.07) is 15.4. The molecule has 4 heterocycles. The van der Waals surface area contributed by atoms with E-state index in [9.17, 15) is 4.79 Å². The molecule has 9 heteroatoms. The first-order valence-corrected chi connectivity index (χ1v) is 9.63. The van der Waals surface area contributed by atoms with Crippen LogP contribution in [0.3, 0.4) is 0 Å². The Morgan fingerprint density at radius 2 is 1.90 bits per heavy atom. The van der Waals surface area contributed by atoms with Gasteiger partial charge in [0.15, 0.2) is 5.65 Å². The molecule has 0 unspecified atom stereocenters. The molecule has 1 N–H and O–H groups in total. The molecule has 0 atom stereocenters. The lowest BCUT2D eigenvalue weighted by Crippen LogP contribution is -2.23. The summed E-state index contributed by atoms with van der Waals surface area (Å²) in [5.74, 6) is 0.472. The van der Waals surface area contributed by atoms with Crippen LogP contribution in [0.1, 0.15) is 21.8 Å². The van der Waals surface area contributed by atoms with Gasteiger partial charge < -0.3 is 9.84 Å². The first kappa shape index (κ1) is 18.6. The van der Waals surface area contributed by atoms with Crippen molar-refractivity contribution in [2.24, 2.45) is 0 Å². The van der Waals surface area contributed by atoms with Crippen molar-refractivity contribution in [3.8, 4) is 11.4 Å². The lowest BCUT2D eigenvalue weighted by atomic mass is 10.2. The van der Waals surface area contributed by atoms with Gasteiger partial charge in [0, 0.05) is 29.5 Å². The second-order valence-corrected chi connectivity index (χ2v) is 6.85. The Morgan fingerprint density at radius 3 is 2.74 bits per heavy atom. The zero-order chi connectivity index (χ0) is 21.0. The first-order chi connectivity index (χ1) is 15.3. The normalized spacial score (nSPS) is 11.0. The molecule has 31 heavy (non-hydrogen) atoms. The first-order valence-electron chi connectivity index (χ1n) is 9.63. The van der Waals surface area contributed by atoms with Crippen LogP contribution >= 0.6 is 0 Å². The fourth-order valence-electron chi connectivity index (χ4n) is 3.17. The molecule has 9 nitrogen and oxygen atoms in total. The van der Waals surface area contributed by atoms with Crippen molar-refractivity contribution in [3.05, 3.63) is 90.3 Å². The minimum Gasteiger partial charge on any atom is -0.343 e. The van der Waals surface area contributed by atoms with Gasteiger partial charge in [-0.15, -0.1) is 0 Å². The highest BCUT2D eigenvalue weighted by Crippen LogP contribution is 2.16. The molecule has 0 saturated heterocycles. The third kappa shape index (κ3) is 4.01. The Hall–Kier alpha value is -4.40. The quantitative estimate of drug-likeness (QED) is 0.457. The highest BCUT2D eigenvalue weighted by Gasteiger charge is 2.13. The standard InChI is InChI=1S/C22H17N7O2/c30-22(25-13-19-27-20(28-31-19)16-6-8-23-9-7-16)18-10-17-12-26-29(21(17)24-11-18)14-15-4-2-1-3-5-15/h1-12H,13-14H2,(H,25,30). The number of rotatable bonds is 6. The monoisotopic (exact) mass is 411 g/mol. The van der Waals surface area contributed by atoms with Gasteiger partial charge in [-0.05, 0) is 23.8 Å². The van der Waals surface area contributed by atoms with E-state index in [1.54, 1.807) is 36.8 Å². The van der Waals surface area contributed by atoms with Crippen LogP contribution in [0.4, 0.5) is 0 Å². The fourth-order valence-corrected chi connectivity index (χ4v) is 3.17. The number of nitrogens with one attached hydrogen (secondary N) is 1. The summed E-state index contributed by atoms with van der Waals surface area (Å²) in [6.07, 6.45) is 6.55. The maximum Gasteiger partial charge on any atom is 0.253 e. The van der Waals surface area contributed by atoms with Crippen molar-refractivity contribution in [2.75, 3.05) is 0 Å². The lowest BCUT2D eigenvalue weighted by molar-refractivity contribution is 0.0946. The van der Waals surface area contributed by atoms with Crippen molar-refractivity contribution >= 4 is 16.9 Å². The maximum absolute atomic E-state index is 12.6. The van der Waals surface area contributed by atoms with Crippen LogP contribution in [0, 0.1) is 0 Å².